The molecular formula is C18H17F3N2O. The van der Waals surface area contributed by atoms with Crippen molar-refractivity contribution in [2.75, 3.05) is 11.9 Å². The van der Waals surface area contributed by atoms with Gasteiger partial charge in [0.15, 0.2) is 11.6 Å². The summed E-state index contributed by atoms with van der Waals surface area (Å²) in [5.41, 5.74) is 1.14. The van der Waals surface area contributed by atoms with Crippen LogP contribution in [-0.4, -0.2) is 23.4 Å². The molecule has 0 aromatic heterocycles. The molecule has 6 heteroatoms. The Kier molecular flexibility index (Phi) is 4.85. The Hall–Kier alpha value is -2.34. The van der Waals surface area contributed by atoms with Crippen LogP contribution >= 0.6 is 0 Å². The number of carbonyl (C=O) groups excluding carboxylic acids is 1. The third kappa shape index (κ3) is 4.35. The molecule has 0 unspecified atom stereocenters. The van der Waals surface area contributed by atoms with Gasteiger partial charge in [0, 0.05) is 24.3 Å². The van der Waals surface area contributed by atoms with Gasteiger partial charge in [-0.3, -0.25) is 9.69 Å². The van der Waals surface area contributed by atoms with Crippen LogP contribution in [0, 0.1) is 17.5 Å². The Bertz CT molecular complexity index is 730. The fourth-order valence-electron chi connectivity index (χ4n) is 2.54. The number of halogens is 3. The first-order valence-corrected chi connectivity index (χ1v) is 7.74. The number of nitrogens with one attached hydrogen (secondary N) is 1. The minimum atomic E-state index is -1.00. The summed E-state index contributed by atoms with van der Waals surface area (Å²) in [6.07, 6.45) is 2.03. The van der Waals surface area contributed by atoms with Gasteiger partial charge in [0.05, 0.1) is 6.54 Å². The van der Waals surface area contributed by atoms with E-state index in [1.54, 1.807) is 12.1 Å². The van der Waals surface area contributed by atoms with Gasteiger partial charge < -0.3 is 5.32 Å². The lowest BCUT2D eigenvalue weighted by atomic mass is 10.2. The first kappa shape index (κ1) is 16.5. The number of benzene rings is 2. The Balaban J connectivity index is 1.61. The highest BCUT2D eigenvalue weighted by Gasteiger charge is 2.30. The molecule has 0 saturated heterocycles. The van der Waals surface area contributed by atoms with Gasteiger partial charge in [0.2, 0.25) is 5.91 Å². The molecule has 0 atom stereocenters. The molecule has 0 radical (unpaired) electrons. The molecule has 3 rings (SSSR count). The number of anilines is 1. The van der Waals surface area contributed by atoms with Crippen LogP contribution in [0.25, 0.3) is 0 Å². The van der Waals surface area contributed by atoms with Gasteiger partial charge >= 0.3 is 0 Å². The molecule has 2 aromatic rings. The van der Waals surface area contributed by atoms with E-state index in [0.29, 0.717) is 12.6 Å². The zero-order chi connectivity index (χ0) is 17.1. The normalized spacial score (nSPS) is 14.0. The first-order valence-electron chi connectivity index (χ1n) is 7.74. The minimum Gasteiger partial charge on any atom is -0.325 e. The second-order valence-corrected chi connectivity index (χ2v) is 5.94. The predicted octanol–water partition coefficient (Wildman–Crippen LogP) is 3.71. The largest absolute Gasteiger partial charge is 0.325 e. The Morgan fingerprint density at radius 3 is 2.38 bits per heavy atom. The number of amides is 1. The highest BCUT2D eigenvalue weighted by Crippen LogP contribution is 2.28. The van der Waals surface area contributed by atoms with E-state index in [1.807, 2.05) is 4.90 Å². The van der Waals surface area contributed by atoms with Crippen molar-refractivity contribution in [1.82, 2.24) is 4.90 Å². The molecule has 126 valence electrons. The third-order valence-electron chi connectivity index (χ3n) is 3.91. The summed E-state index contributed by atoms with van der Waals surface area (Å²) in [7, 11) is 0. The number of hydrogen-bond donors (Lipinski definition) is 1. The molecule has 0 spiro atoms. The van der Waals surface area contributed by atoms with Crippen molar-refractivity contribution < 1.29 is 18.0 Å². The average molecular weight is 334 g/mol. The van der Waals surface area contributed by atoms with Gasteiger partial charge in [-0.1, -0.05) is 12.1 Å². The number of rotatable bonds is 6. The standard InChI is InChI=1S/C18H17F3N2O/c19-13-3-1-12(2-4-13)10-23(15-6-7-15)11-18(24)22-14-5-8-16(20)17(21)9-14/h1-5,8-9,15H,6-7,10-11H2,(H,22,24). The fourth-order valence-corrected chi connectivity index (χ4v) is 2.54. The molecule has 1 saturated carbocycles. The maximum absolute atomic E-state index is 13.2. The lowest BCUT2D eigenvalue weighted by Gasteiger charge is -2.21. The van der Waals surface area contributed by atoms with E-state index < -0.39 is 11.6 Å². The highest BCUT2D eigenvalue weighted by molar-refractivity contribution is 5.92. The Morgan fingerprint density at radius 1 is 1.04 bits per heavy atom. The van der Waals surface area contributed by atoms with E-state index in [-0.39, 0.29) is 24.0 Å². The zero-order valence-corrected chi connectivity index (χ0v) is 12.9. The number of carbonyl (C=O) groups is 1. The summed E-state index contributed by atoms with van der Waals surface area (Å²) in [5.74, 6) is -2.55. The van der Waals surface area contributed by atoms with Crippen LogP contribution in [0.2, 0.25) is 0 Å². The topological polar surface area (TPSA) is 32.3 Å². The first-order chi connectivity index (χ1) is 11.5. The van der Waals surface area contributed by atoms with Gasteiger partial charge in [-0.2, -0.15) is 0 Å². The molecule has 1 aliphatic rings. The van der Waals surface area contributed by atoms with Crippen LogP contribution in [0.15, 0.2) is 42.5 Å². The average Bonchev–Trinajstić information content (AvgIpc) is 3.37. The summed E-state index contributed by atoms with van der Waals surface area (Å²) in [5, 5.41) is 2.57. The Labute approximate surface area is 138 Å². The van der Waals surface area contributed by atoms with E-state index in [0.717, 1.165) is 30.5 Å². The van der Waals surface area contributed by atoms with Crippen LogP contribution in [-0.2, 0) is 11.3 Å². The van der Waals surface area contributed by atoms with Crippen molar-refractivity contribution in [3.8, 4) is 0 Å². The van der Waals surface area contributed by atoms with E-state index in [2.05, 4.69) is 5.32 Å². The zero-order valence-electron chi connectivity index (χ0n) is 12.9. The van der Waals surface area contributed by atoms with Crippen LogP contribution in [0.1, 0.15) is 18.4 Å². The van der Waals surface area contributed by atoms with Crippen molar-refractivity contribution in [2.45, 2.75) is 25.4 Å². The molecule has 1 N–H and O–H groups in total. The van der Waals surface area contributed by atoms with Gasteiger partial charge in [0.25, 0.3) is 0 Å². The van der Waals surface area contributed by atoms with E-state index in [9.17, 15) is 18.0 Å². The molecule has 24 heavy (non-hydrogen) atoms. The fraction of sp³-hybridized carbons (Fsp3) is 0.278. The maximum atomic E-state index is 13.2. The SMILES string of the molecule is O=C(CN(Cc1ccc(F)cc1)C1CC1)Nc1ccc(F)c(F)c1. The van der Waals surface area contributed by atoms with E-state index >= 15 is 0 Å². The highest BCUT2D eigenvalue weighted by atomic mass is 19.2. The summed E-state index contributed by atoms with van der Waals surface area (Å²) in [6.45, 7) is 0.678. The van der Waals surface area contributed by atoms with Crippen molar-refractivity contribution >= 4 is 11.6 Å². The minimum absolute atomic E-state index is 0.140. The van der Waals surface area contributed by atoms with Crippen molar-refractivity contribution in [1.29, 1.82) is 0 Å². The molecule has 1 amide bonds. The quantitative estimate of drug-likeness (QED) is 0.873. The molecule has 0 bridgehead atoms. The number of nitrogens with zero attached hydrogens (tertiary/aromatic N) is 1. The monoisotopic (exact) mass is 334 g/mol. The predicted molar refractivity (Wildman–Crippen MR) is 84.8 cm³/mol. The molecule has 2 aromatic carbocycles. The van der Waals surface area contributed by atoms with Gasteiger partial charge in [0.1, 0.15) is 5.82 Å². The number of hydrogen-bond acceptors (Lipinski definition) is 2. The summed E-state index contributed by atoms with van der Waals surface area (Å²) in [4.78, 5) is 14.2. The lowest BCUT2D eigenvalue weighted by molar-refractivity contribution is -0.117. The lowest BCUT2D eigenvalue weighted by Crippen LogP contribution is -2.34. The van der Waals surface area contributed by atoms with Crippen molar-refractivity contribution in [3.05, 3.63) is 65.5 Å². The third-order valence-corrected chi connectivity index (χ3v) is 3.91. The van der Waals surface area contributed by atoms with Crippen LogP contribution < -0.4 is 5.32 Å². The second kappa shape index (κ2) is 7.05. The summed E-state index contributed by atoms with van der Waals surface area (Å²) in [6, 6.07) is 9.74. The van der Waals surface area contributed by atoms with Crippen molar-refractivity contribution in [2.24, 2.45) is 0 Å². The van der Waals surface area contributed by atoms with Crippen molar-refractivity contribution in [3.63, 3.8) is 0 Å². The van der Waals surface area contributed by atoms with Crippen LogP contribution in [0.4, 0.5) is 18.9 Å². The van der Waals surface area contributed by atoms with Crippen LogP contribution in [0.3, 0.4) is 0 Å². The molecule has 1 aliphatic carbocycles. The Morgan fingerprint density at radius 2 is 1.75 bits per heavy atom. The van der Waals surface area contributed by atoms with E-state index in [4.69, 9.17) is 0 Å². The molecule has 3 nitrogen and oxygen atoms in total. The molecule has 1 fully saturated rings. The van der Waals surface area contributed by atoms with Gasteiger partial charge in [-0.05, 0) is 42.7 Å². The van der Waals surface area contributed by atoms with Gasteiger partial charge in [-0.15, -0.1) is 0 Å². The van der Waals surface area contributed by atoms with E-state index in [1.165, 1.54) is 18.2 Å². The second-order valence-electron chi connectivity index (χ2n) is 5.94. The smallest absolute Gasteiger partial charge is 0.238 e. The molecule has 0 aliphatic heterocycles. The summed E-state index contributed by atoms with van der Waals surface area (Å²) < 4.78 is 39.1. The molecule has 0 heterocycles. The van der Waals surface area contributed by atoms with Crippen LogP contribution in [0.5, 0.6) is 0 Å². The maximum Gasteiger partial charge on any atom is 0.238 e. The molecular weight excluding hydrogens is 317 g/mol. The summed E-state index contributed by atoms with van der Waals surface area (Å²) >= 11 is 0. The van der Waals surface area contributed by atoms with Gasteiger partial charge in [-0.25, -0.2) is 13.2 Å².